The van der Waals surface area contributed by atoms with E-state index in [0.717, 1.165) is 0 Å². The van der Waals surface area contributed by atoms with E-state index in [0.29, 0.717) is 59.2 Å². The Hall–Kier alpha value is -3.03. The normalized spacial score (nSPS) is 14.8. The molecule has 3 N–H and O–H groups in total. The fourth-order valence-electron chi connectivity index (χ4n) is 3.73. The van der Waals surface area contributed by atoms with Crippen LogP contribution in [0.25, 0.3) is 10.9 Å². The third-order valence-corrected chi connectivity index (χ3v) is 6.24. The number of primary sulfonamides is 1. The molecule has 4 rings (SSSR count). The van der Waals surface area contributed by atoms with Crippen LogP contribution in [0.3, 0.4) is 0 Å². The molecular formula is C22H25ClN4O7S. The number of sulfonamides is 1. The lowest BCUT2D eigenvalue weighted by atomic mass is 9.94. The van der Waals surface area contributed by atoms with Crippen molar-refractivity contribution in [1.29, 1.82) is 0 Å². The van der Waals surface area contributed by atoms with Gasteiger partial charge in [-0.1, -0.05) is 0 Å². The lowest BCUT2D eigenvalue weighted by molar-refractivity contribution is -0.116. The van der Waals surface area contributed by atoms with Crippen LogP contribution in [0.1, 0.15) is 17.2 Å². The van der Waals surface area contributed by atoms with Crippen LogP contribution in [0.4, 0.5) is 5.69 Å². The predicted molar refractivity (Wildman–Crippen MR) is 130 cm³/mol. The van der Waals surface area contributed by atoms with Gasteiger partial charge in [-0.2, -0.15) is 0 Å². The van der Waals surface area contributed by atoms with Gasteiger partial charge in [0.2, 0.25) is 15.9 Å². The van der Waals surface area contributed by atoms with E-state index in [-0.39, 0.29) is 29.8 Å². The fourth-order valence-corrected chi connectivity index (χ4v) is 4.28. The first-order valence-electron chi connectivity index (χ1n) is 10.3. The van der Waals surface area contributed by atoms with Gasteiger partial charge in [0.25, 0.3) is 0 Å². The highest BCUT2D eigenvalue weighted by atomic mass is 35.5. The monoisotopic (exact) mass is 524 g/mol. The van der Waals surface area contributed by atoms with Crippen LogP contribution in [0.2, 0.25) is 0 Å². The molecule has 1 aliphatic heterocycles. The molecule has 1 unspecified atom stereocenters. The summed E-state index contributed by atoms with van der Waals surface area (Å²) in [7, 11) is -0.846. The van der Waals surface area contributed by atoms with E-state index < -0.39 is 15.9 Å². The van der Waals surface area contributed by atoms with Crippen LogP contribution < -0.4 is 19.9 Å². The molecule has 1 aliphatic rings. The molecule has 3 aromatic rings. The number of fused-ring (bicyclic) bond motifs is 2. The van der Waals surface area contributed by atoms with Crippen molar-refractivity contribution >= 4 is 44.9 Å². The number of nitrogens with one attached hydrogen (secondary N) is 1. The Morgan fingerprint density at radius 1 is 1.03 bits per heavy atom. The van der Waals surface area contributed by atoms with Crippen LogP contribution in [-0.4, -0.2) is 64.9 Å². The number of hydrogen-bond donors (Lipinski definition) is 2. The molecule has 0 saturated carbocycles. The van der Waals surface area contributed by atoms with Crippen molar-refractivity contribution in [1.82, 2.24) is 9.97 Å². The smallest absolute Gasteiger partial charge is 0.238 e. The molecule has 13 heteroatoms. The van der Waals surface area contributed by atoms with E-state index in [4.69, 9.17) is 24.1 Å². The molecule has 188 valence electrons. The number of benzene rings is 2. The van der Waals surface area contributed by atoms with Crippen molar-refractivity contribution in [2.45, 2.75) is 10.8 Å². The summed E-state index contributed by atoms with van der Waals surface area (Å²) in [4.78, 5) is 21.5. The first-order valence-corrected chi connectivity index (χ1v) is 11.9. The Kier molecular flexibility index (Phi) is 8.46. The number of nitrogens with zero attached hydrogens (tertiary/aromatic N) is 2. The summed E-state index contributed by atoms with van der Waals surface area (Å²) in [6.45, 7) is 1.61. The van der Waals surface area contributed by atoms with Gasteiger partial charge in [0.05, 0.1) is 43.0 Å². The minimum absolute atomic E-state index is 0. The molecule has 0 spiro atoms. The van der Waals surface area contributed by atoms with Crippen LogP contribution in [-0.2, 0) is 24.3 Å². The lowest BCUT2D eigenvalue weighted by Crippen LogP contribution is -2.16. The van der Waals surface area contributed by atoms with E-state index in [1.165, 1.54) is 31.6 Å². The molecule has 0 aliphatic carbocycles. The zero-order valence-electron chi connectivity index (χ0n) is 19.0. The van der Waals surface area contributed by atoms with Gasteiger partial charge in [0, 0.05) is 24.2 Å². The van der Waals surface area contributed by atoms with E-state index in [9.17, 15) is 13.2 Å². The van der Waals surface area contributed by atoms with Crippen LogP contribution in [0.5, 0.6) is 11.5 Å². The van der Waals surface area contributed by atoms with Gasteiger partial charge in [-0.15, -0.1) is 12.4 Å². The summed E-state index contributed by atoms with van der Waals surface area (Å²) < 4.78 is 45.3. The minimum atomic E-state index is -3.95. The molecule has 1 amide bonds. The Labute approximate surface area is 208 Å². The maximum absolute atomic E-state index is 12.9. The number of aromatic nitrogens is 2. The first kappa shape index (κ1) is 26.6. The quantitative estimate of drug-likeness (QED) is 0.378. The van der Waals surface area contributed by atoms with Gasteiger partial charge < -0.3 is 24.3 Å². The lowest BCUT2D eigenvalue weighted by Gasteiger charge is -2.15. The maximum Gasteiger partial charge on any atom is 0.238 e. The zero-order valence-corrected chi connectivity index (χ0v) is 20.6. The van der Waals surface area contributed by atoms with Crippen LogP contribution in [0, 0.1) is 0 Å². The highest BCUT2D eigenvalue weighted by molar-refractivity contribution is 7.89. The molecule has 0 saturated heterocycles. The fraction of sp³-hybridized carbons (Fsp3) is 0.318. The van der Waals surface area contributed by atoms with Crippen molar-refractivity contribution in [3.8, 4) is 11.5 Å². The molecule has 1 atom stereocenters. The summed E-state index contributed by atoms with van der Waals surface area (Å²) in [5.41, 5.74) is 1.89. The Balaban J connectivity index is 0.00000342. The second-order valence-corrected chi connectivity index (χ2v) is 9.01. The SMILES string of the molecule is COCCOCCOc1cc2ncnc(C3C(=O)Nc4ccc(S(N)(=O)=O)cc43)c2cc1OC.Cl. The standard InChI is InChI=1S/C22H24N4O7S.ClH/c1-30-5-6-32-7-8-33-19-11-17-15(10-18(19)31-2)21(25-12-24-17)20-14-9-13(34(23,28)29)3-4-16(14)26-22(20)27;/h3-4,9-12,20H,5-8H2,1-2H3,(H,26,27)(H2,23,28,29);1H. The average molecular weight is 525 g/mol. The Morgan fingerprint density at radius 2 is 1.80 bits per heavy atom. The maximum atomic E-state index is 12.9. The number of anilines is 1. The van der Waals surface area contributed by atoms with Crippen LogP contribution in [0.15, 0.2) is 41.6 Å². The average Bonchev–Trinajstić information content (AvgIpc) is 3.14. The molecule has 2 aromatic carbocycles. The first-order chi connectivity index (χ1) is 16.3. The summed E-state index contributed by atoms with van der Waals surface area (Å²) in [5.74, 6) is -0.304. The van der Waals surface area contributed by atoms with E-state index in [1.54, 1.807) is 19.2 Å². The number of nitrogens with two attached hydrogens (primary N) is 1. The molecular weight excluding hydrogens is 500 g/mol. The van der Waals surface area contributed by atoms with E-state index >= 15 is 0 Å². The third kappa shape index (κ3) is 5.63. The second kappa shape index (κ2) is 11.1. The number of carbonyl (C=O) groups is 1. The highest BCUT2D eigenvalue weighted by Gasteiger charge is 2.35. The molecule has 1 aromatic heterocycles. The predicted octanol–water partition coefficient (Wildman–Crippen LogP) is 1.83. The van der Waals surface area contributed by atoms with Gasteiger partial charge in [-0.3, -0.25) is 4.79 Å². The van der Waals surface area contributed by atoms with Crippen LogP contribution >= 0.6 is 12.4 Å². The van der Waals surface area contributed by atoms with E-state index in [1.807, 2.05) is 0 Å². The molecule has 2 heterocycles. The minimum Gasteiger partial charge on any atom is -0.493 e. The number of hydrogen-bond acceptors (Lipinski definition) is 9. The van der Waals surface area contributed by atoms with Crippen molar-refractivity contribution in [2.75, 3.05) is 46.0 Å². The summed E-state index contributed by atoms with van der Waals surface area (Å²) in [6, 6.07) is 7.64. The van der Waals surface area contributed by atoms with Gasteiger partial charge in [0.15, 0.2) is 11.5 Å². The molecule has 11 nitrogen and oxygen atoms in total. The number of methoxy groups -OCH3 is 2. The molecule has 0 radical (unpaired) electrons. The van der Waals surface area contributed by atoms with Crippen molar-refractivity contribution in [2.24, 2.45) is 5.14 Å². The number of ether oxygens (including phenoxy) is 4. The number of rotatable bonds is 10. The highest BCUT2D eigenvalue weighted by Crippen LogP contribution is 2.41. The largest absolute Gasteiger partial charge is 0.493 e. The molecule has 0 bridgehead atoms. The summed E-state index contributed by atoms with van der Waals surface area (Å²) in [6.07, 6.45) is 1.34. The van der Waals surface area contributed by atoms with Crippen molar-refractivity contribution in [3.63, 3.8) is 0 Å². The number of carbonyl (C=O) groups excluding carboxylic acids is 1. The summed E-state index contributed by atoms with van der Waals surface area (Å²) >= 11 is 0. The molecule has 0 fully saturated rings. The number of amides is 1. The van der Waals surface area contributed by atoms with Crippen molar-refractivity contribution in [3.05, 3.63) is 47.9 Å². The third-order valence-electron chi connectivity index (χ3n) is 5.32. The van der Waals surface area contributed by atoms with Gasteiger partial charge in [-0.05, 0) is 29.8 Å². The summed E-state index contributed by atoms with van der Waals surface area (Å²) in [5, 5.41) is 8.62. The number of halogens is 1. The molecule has 35 heavy (non-hydrogen) atoms. The van der Waals surface area contributed by atoms with Gasteiger partial charge in [0.1, 0.15) is 18.9 Å². The topological polar surface area (TPSA) is 152 Å². The Morgan fingerprint density at radius 3 is 2.51 bits per heavy atom. The van der Waals surface area contributed by atoms with Gasteiger partial charge in [-0.25, -0.2) is 23.5 Å². The second-order valence-electron chi connectivity index (χ2n) is 7.45. The Bertz CT molecular complexity index is 1340. The zero-order chi connectivity index (χ0) is 24.3. The van der Waals surface area contributed by atoms with Gasteiger partial charge >= 0.3 is 0 Å². The van der Waals surface area contributed by atoms with Crippen molar-refractivity contribution < 1.29 is 32.2 Å². The van der Waals surface area contributed by atoms with E-state index in [2.05, 4.69) is 15.3 Å².